The largest absolute Gasteiger partial charge is 0.385 e. The summed E-state index contributed by atoms with van der Waals surface area (Å²) in [5.74, 6) is 0.389. The Balaban J connectivity index is 2.10. The maximum absolute atomic E-state index is 12.3. The van der Waals surface area contributed by atoms with Gasteiger partial charge in [0.05, 0.1) is 0 Å². The van der Waals surface area contributed by atoms with E-state index in [0.717, 1.165) is 28.7 Å². The van der Waals surface area contributed by atoms with E-state index in [0.29, 0.717) is 11.4 Å². The van der Waals surface area contributed by atoms with Crippen LogP contribution in [0.15, 0.2) is 41.0 Å². The summed E-state index contributed by atoms with van der Waals surface area (Å²) in [5.41, 5.74) is 2.63. The lowest BCUT2D eigenvalue weighted by Gasteiger charge is -2.10. The zero-order valence-electron chi connectivity index (χ0n) is 12.1. The normalized spacial score (nSPS) is 10.2. The van der Waals surface area contributed by atoms with Crippen molar-refractivity contribution in [3.05, 3.63) is 52.1 Å². The van der Waals surface area contributed by atoms with E-state index in [1.165, 1.54) is 0 Å². The molecule has 0 atom stereocenters. The Morgan fingerprint density at radius 2 is 2.10 bits per heavy atom. The molecule has 21 heavy (non-hydrogen) atoms. The van der Waals surface area contributed by atoms with Crippen LogP contribution in [0.1, 0.15) is 29.3 Å². The van der Waals surface area contributed by atoms with Gasteiger partial charge in [-0.25, -0.2) is 4.98 Å². The maximum Gasteiger partial charge on any atom is 0.257 e. The minimum Gasteiger partial charge on any atom is -0.385 e. The average Bonchev–Trinajstić information content (AvgIpc) is 2.47. The number of halogens is 1. The van der Waals surface area contributed by atoms with Gasteiger partial charge in [-0.1, -0.05) is 6.92 Å². The predicted molar refractivity (Wildman–Crippen MR) is 89.8 cm³/mol. The summed E-state index contributed by atoms with van der Waals surface area (Å²) in [4.78, 5) is 16.4. The summed E-state index contributed by atoms with van der Waals surface area (Å²) in [5, 5.41) is 6.11. The van der Waals surface area contributed by atoms with Crippen LogP contribution >= 0.6 is 15.9 Å². The van der Waals surface area contributed by atoms with Gasteiger partial charge in [0.25, 0.3) is 5.91 Å². The number of carbonyl (C=O) groups excluding carboxylic acids is 1. The first-order valence-corrected chi connectivity index (χ1v) is 7.67. The fourth-order valence-corrected chi connectivity index (χ4v) is 2.17. The number of rotatable bonds is 5. The van der Waals surface area contributed by atoms with Crippen LogP contribution in [0.4, 0.5) is 11.5 Å². The smallest absolute Gasteiger partial charge is 0.257 e. The third kappa shape index (κ3) is 4.29. The van der Waals surface area contributed by atoms with E-state index >= 15 is 0 Å². The Bertz CT molecular complexity index is 626. The van der Waals surface area contributed by atoms with E-state index in [4.69, 9.17) is 0 Å². The van der Waals surface area contributed by atoms with Crippen LogP contribution in [0.3, 0.4) is 0 Å². The van der Waals surface area contributed by atoms with Crippen LogP contribution in [-0.2, 0) is 0 Å². The van der Waals surface area contributed by atoms with Crippen LogP contribution in [-0.4, -0.2) is 17.4 Å². The van der Waals surface area contributed by atoms with Gasteiger partial charge in [0, 0.05) is 28.5 Å². The molecule has 4 nitrogen and oxygen atoms in total. The number of carbonyl (C=O) groups is 1. The molecule has 1 amide bonds. The molecule has 0 bridgehead atoms. The van der Waals surface area contributed by atoms with Gasteiger partial charge in [-0.15, -0.1) is 0 Å². The van der Waals surface area contributed by atoms with Gasteiger partial charge in [0.1, 0.15) is 5.82 Å². The second-order valence-electron chi connectivity index (χ2n) is 4.77. The van der Waals surface area contributed by atoms with Gasteiger partial charge < -0.3 is 10.6 Å². The third-order valence-electron chi connectivity index (χ3n) is 3.02. The first-order valence-electron chi connectivity index (χ1n) is 6.87. The summed E-state index contributed by atoms with van der Waals surface area (Å²) < 4.78 is 0.878. The molecule has 0 spiro atoms. The Kier molecular flexibility index (Phi) is 5.33. The second-order valence-corrected chi connectivity index (χ2v) is 5.69. The fraction of sp³-hybridized carbons (Fsp3) is 0.250. The lowest BCUT2D eigenvalue weighted by molar-refractivity contribution is 0.102. The van der Waals surface area contributed by atoms with Crippen molar-refractivity contribution in [3.8, 4) is 0 Å². The first-order chi connectivity index (χ1) is 10.1. The quantitative estimate of drug-likeness (QED) is 0.850. The van der Waals surface area contributed by atoms with Crippen molar-refractivity contribution < 1.29 is 4.79 Å². The Labute approximate surface area is 133 Å². The van der Waals surface area contributed by atoms with Gasteiger partial charge >= 0.3 is 0 Å². The molecule has 110 valence electrons. The van der Waals surface area contributed by atoms with Crippen molar-refractivity contribution >= 4 is 33.3 Å². The molecule has 0 radical (unpaired) electrons. The van der Waals surface area contributed by atoms with Gasteiger partial charge in [-0.05, 0) is 65.2 Å². The molecule has 0 aliphatic heterocycles. The minimum absolute atomic E-state index is 0.149. The molecule has 0 aliphatic rings. The minimum atomic E-state index is -0.149. The molecule has 2 N–H and O–H groups in total. The molecule has 5 heteroatoms. The van der Waals surface area contributed by atoms with E-state index in [1.807, 2.05) is 31.2 Å². The van der Waals surface area contributed by atoms with Crippen LogP contribution < -0.4 is 10.6 Å². The molecule has 0 saturated carbocycles. The predicted octanol–water partition coefficient (Wildman–Crippen LogP) is 4.23. The Morgan fingerprint density at radius 3 is 2.71 bits per heavy atom. The van der Waals surface area contributed by atoms with Gasteiger partial charge in [-0.2, -0.15) is 0 Å². The number of anilines is 2. The zero-order valence-corrected chi connectivity index (χ0v) is 13.7. The van der Waals surface area contributed by atoms with Crippen LogP contribution in [0.2, 0.25) is 0 Å². The highest BCUT2D eigenvalue weighted by Gasteiger charge is 2.10. The summed E-state index contributed by atoms with van der Waals surface area (Å²) in [7, 11) is 0. The lowest BCUT2D eigenvalue weighted by atomic mass is 10.1. The van der Waals surface area contributed by atoms with E-state index in [1.54, 1.807) is 12.3 Å². The lowest BCUT2D eigenvalue weighted by Crippen LogP contribution is -2.14. The summed E-state index contributed by atoms with van der Waals surface area (Å²) >= 11 is 3.31. The van der Waals surface area contributed by atoms with Crippen molar-refractivity contribution in [1.29, 1.82) is 0 Å². The molecular formula is C16H18BrN3O. The molecule has 0 unspecified atom stereocenters. The highest BCUT2D eigenvalue weighted by atomic mass is 79.9. The highest BCUT2D eigenvalue weighted by Crippen LogP contribution is 2.17. The molecule has 2 aromatic rings. The topological polar surface area (TPSA) is 54.0 Å². The summed E-state index contributed by atoms with van der Waals surface area (Å²) in [6, 6.07) is 9.34. The molecule has 1 aromatic heterocycles. The number of pyridine rings is 1. The van der Waals surface area contributed by atoms with E-state index in [9.17, 15) is 4.79 Å². The maximum atomic E-state index is 12.3. The number of benzene rings is 1. The second kappa shape index (κ2) is 7.22. The van der Waals surface area contributed by atoms with Crippen molar-refractivity contribution in [3.63, 3.8) is 0 Å². The van der Waals surface area contributed by atoms with Crippen molar-refractivity contribution in [1.82, 2.24) is 4.98 Å². The number of nitrogens with one attached hydrogen (secondary N) is 2. The van der Waals surface area contributed by atoms with Crippen molar-refractivity contribution in [2.45, 2.75) is 20.3 Å². The van der Waals surface area contributed by atoms with Crippen LogP contribution in [0.25, 0.3) is 0 Å². The fourth-order valence-electron chi connectivity index (χ4n) is 1.93. The molecule has 0 aliphatic carbocycles. The number of aryl methyl sites for hydroxylation is 1. The molecule has 1 aromatic carbocycles. The van der Waals surface area contributed by atoms with Crippen molar-refractivity contribution in [2.24, 2.45) is 0 Å². The number of hydrogen-bond acceptors (Lipinski definition) is 3. The van der Waals surface area contributed by atoms with Crippen LogP contribution in [0, 0.1) is 6.92 Å². The Morgan fingerprint density at radius 1 is 1.29 bits per heavy atom. The highest BCUT2D eigenvalue weighted by molar-refractivity contribution is 9.10. The van der Waals surface area contributed by atoms with E-state index < -0.39 is 0 Å². The van der Waals surface area contributed by atoms with Crippen molar-refractivity contribution in [2.75, 3.05) is 17.2 Å². The zero-order chi connectivity index (χ0) is 15.2. The van der Waals surface area contributed by atoms with E-state index in [2.05, 4.69) is 38.5 Å². The monoisotopic (exact) mass is 347 g/mol. The molecule has 2 rings (SSSR count). The average molecular weight is 348 g/mol. The van der Waals surface area contributed by atoms with Gasteiger partial charge in [0.2, 0.25) is 0 Å². The number of aromatic nitrogens is 1. The first kappa shape index (κ1) is 15.5. The number of nitrogens with zero attached hydrogens (tertiary/aromatic N) is 1. The van der Waals surface area contributed by atoms with Gasteiger partial charge in [0.15, 0.2) is 0 Å². The number of hydrogen-bond donors (Lipinski definition) is 2. The summed E-state index contributed by atoms with van der Waals surface area (Å²) in [6.45, 7) is 4.97. The molecule has 1 heterocycles. The van der Waals surface area contributed by atoms with Gasteiger partial charge in [-0.3, -0.25) is 4.79 Å². The SMILES string of the molecule is CCCNc1ccc(C(=O)Nc2ccc(Br)cn2)c(C)c1. The number of amides is 1. The molecule has 0 fully saturated rings. The standard InChI is InChI=1S/C16H18BrN3O/c1-3-8-18-13-5-6-14(11(2)9-13)16(21)20-15-7-4-12(17)10-19-15/h4-7,9-10,18H,3,8H2,1-2H3,(H,19,20,21). The molecule has 0 saturated heterocycles. The molecular weight excluding hydrogens is 330 g/mol. The third-order valence-corrected chi connectivity index (χ3v) is 3.49. The summed E-state index contributed by atoms with van der Waals surface area (Å²) in [6.07, 6.45) is 2.72. The van der Waals surface area contributed by atoms with E-state index in [-0.39, 0.29) is 5.91 Å². The van der Waals surface area contributed by atoms with Crippen LogP contribution in [0.5, 0.6) is 0 Å². The Hall–Kier alpha value is -1.88.